The normalized spacial score (nSPS) is 26.4. The number of halogens is 4. The van der Waals surface area contributed by atoms with Crippen molar-refractivity contribution in [2.75, 3.05) is 0 Å². The van der Waals surface area contributed by atoms with Gasteiger partial charge in [-0.3, -0.25) is 0 Å². The van der Waals surface area contributed by atoms with Gasteiger partial charge >= 0.3 is 6.18 Å². The molecule has 1 unspecified atom stereocenters. The average Bonchev–Trinajstić information content (AvgIpc) is 2.48. The number of hydrogen-bond donors (Lipinski definition) is 1. The van der Waals surface area contributed by atoms with Crippen molar-refractivity contribution in [1.29, 1.82) is 0 Å². The minimum Gasteiger partial charge on any atom is -0.385 e. The Hall–Kier alpha value is -1.10. The number of alkyl halides is 3. The average molecular weight is 304 g/mol. The third-order valence-electron chi connectivity index (χ3n) is 4.47. The van der Waals surface area contributed by atoms with Gasteiger partial charge in [0, 0.05) is 0 Å². The van der Waals surface area contributed by atoms with Crippen LogP contribution in [0.3, 0.4) is 0 Å². The molecular weight excluding hydrogens is 284 g/mol. The summed E-state index contributed by atoms with van der Waals surface area (Å²) in [4.78, 5) is 0. The fourth-order valence-corrected chi connectivity index (χ4v) is 2.98. The first-order valence-corrected chi connectivity index (χ1v) is 7.13. The van der Waals surface area contributed by atoms with Crippen LogP contribution in [0.5, 0.6) is 0 Å². The molecule has 0 radical (unpaired) electrons. The highest BCUT2D eigenvalue weighted by molar-refractivity contribution is 5.31. The molecule has 5 heteroatoms. The lowest BCUT2D eigenvalue weighted by Gasteiger charge is -2.29. The van der Waals surface area contributed by atoms with Crippen LogP contribution in [0.2, 0.25) is 0 Å². The van der Waals surface area contributed by atoms with Gasteiger partial charge in [0.1, 0.15) is 5.82 Å². The second-order valence-corrected chi connectivity index (χ2v) is 6.74. The first kappa shape index (κ1) is 16.3. The quantitative estimate of drug-likeness (QED) is 0.570. The van der Waals surface area contributed by atoms with Gasteiger partial charge in [0.15, 0.2) is 0 Å². The molecule has 1 aliphatic carbocycles. The van der Waals surface area contributed by atoms with E-state index in [0.717, 1.165) is 31.4 Å². The highest BCUT2D eigenvalue weighted by Crippen LogP contribution is 2.44. The molecule has 1 aliphatic rings. The highest BCUT2D eigenvalue weighted by atomic mass is 19.4. The largest absolute Gasteiger partial charge is 0.419 e. The van der Waals surface area contributed by atoms with E-state index in [4.69, 9.17) is 0 Å². The Balaban J connectivity index is 2.37. The third kappa shape index (κ3) is 3.57. The van der Waals surface area contributed by atoms with Crippen molar-refractivity contribution in [1.82, 2.24) is 0 Å². The molecule has 0 aliphatic heterocycles. The standard InChI is InChI=1S/C16H20F4O/c1-14(2)6-3-7-15(21,9-8-14)11-4-5-13(17)12(10-11)16(18,19)20/h4-5,10,21H,3,6-9H2,1-2H3. The minimum absolute atomic E-state index is 0.0668. The first-order valence-electron chi connectivity index (χ1n) is 7.13. The van der Waals surface area contributed by atoms with Gasteiger partial charge in [0.25, 0.3) is 0 Å². The van der Waals surface area contributed by atoms with E-state index in [1.165, 1.54) is 6.07 Å². The predicted molar refractivity (Wildman–Crippen MR) is 72.2 cm³/mol. The van der Waals surface area contributed by atoms with Gasteiger partial charge in [-0.1, -0.05) is 19.9 Å². The van der Waals surface area contributed by atoms with Crippen LogP contribution in [-0.2, 0) is 11.8 Å². The molecule has 0 spiro atoms. The molecule has 1 aromatic rings. The molecule has 0 bridgehead atoms. The van der Waals surface area contributed by atoms with Crippen LogP contribution in [0.4, 0.5) is 17.6 Å². The van der Waals surface area contributed by atoms with E-state index >= 15 is 0 Å². The Labute approximate surface area is 122 Å². The highest BCUT2D eigenvalue weighted by Gasteiger charge is 2.39. The third-order valence-corrected chi connectivity index (χ3v) is 4.47. The monoisotopic (exact) mass is 304 g/mol. The lowest BCUT2D eigenvalue weighted by Crippen LogP contribution is -2.26. The lowest BCUT2D eigenvalue weighted by molar-refractivity contribution is -0.140. The van der Waals surface area contributed by atoms with Crippen molar-refractivity contribution in [3.63, 3.8) is 0 Å². The summed E-state index contributed by atoms with van der Waals surface area (Å²) in [6.45, 7) is 4.18. The van der Waals surface area contributed by atoms with Crippen molar-refractivity contribution in [3.05, 3.63) is 35.1 Å². The van der Waals surface area contributed by atoms with Crippen molar-refractivity contribution in [2.24, 2.45) is 5.41 Å². The lowest BCUT2D eigenvalue weighted by atomic mass is 9.82. The molecule has 2 rings (SSSR count). The van der Waals surface area contributed by atoms with E-state index in [9.17, 15) is 22.7 Å². The van der Waals surface area contributed by atoms with Crippen LogP contribution in [0.25, 0.3) is 0 Å². The van der Waals surface area contributed by atoms with E-state index in [1.807, 2.05) is 0 Å². The minimum atomic E-state index is -4.75. The van der Waals surface area contributed by atoms with E-state index in [-0.39, 0.29) is 11.0 Å². The number of aliphatic hydroxyl groups is 1. The fraction of sp³-hybridized carbons (Fsp3) is 0.625. The maximum absolute atomic E-state index is 13.4. The molecule has 21 heavy (non-hydrogen) atoms. The first-order chi connectivity index (χ1) is 9.54. The molecule has 1 atom stereocenters. The Morgan fingerprint density at radius 1 is 1.05 bits per heavy atom. The predicted octanol–water partition coefficient (Wildman–Crippen LogP) is 5.02. The molecular formula is C16H20F4O. The van der Waals surface area contributed by atoms with E-state index in [1.54, 1.807) is 0 Å². The Bertz CT molecular complexity index is 521. The van der Waals surface area contributed by atoms with Crippen LogP contribution in [0, 0.1) is 11.2 Å². The van der Waals surface area contributed by atoms with Crippen LogP contribution in [0.1, 0.15) is 57.1 Å². The fourth-order valence-electron chi connectivity index (χ4n) is 2.98. The molecule has 1 aromatic carbocycles. The van der Waals surface area contributed by atoms with Gasteiger partial charge in [-0.25, -0.2) is 4.39 Å². The maximum Gasteiger partial charge on any atom is 0.419 e. The number of hydrogen-bond acceptors (Lipinski definition) is 1. The summed E-state index contributed by atoms with van der Waals surface area (Å²) in [7, 11) is 0. The molecule has 118 valence electrons. The molecule has 1 N–H and O–H groups in total. The molecule has 0 amide bonds. The van der Waals surface area contributed by atoms with Crippen molar-refractivity contribution >= 4 is 0 Å². The zero-order chi connectivity index (χ0) is 15.9. The molecule has 0 aromatic heterocycles. The molecule has 1 nitrogen and oxygen atoms in total. The second kappa shape index (κ2) is 5.27. The van der Waals surface area contributed by atoms with E-state index in [2.05, 4.69) is 13.8 Å². The van der Waals surface area contributed by atoms with Crippen LogP contribution >= 0.6 is 0 Å². The summed E-state index contributed by atoms with van der Waals surface area (Å²) >= 11 is 0. The van der Waals surface area contributed by atoms with Gasteiger partial charge in [-0.2, -0.15) is 13.2 Å². The van der Waals surface area contributed by atoms with E-state index in [0.29, 0.717) is 12.8 Å². The summed E-state index contributed by atoms with van der Waals surface area (Å²) in [6, 6.07) is 2.82. The summed E-state index contributed by atoms with van der Waals surface area (Å²) in [5, 5.41) is 10.7. The molecule has 0 heterocycles. The van der Waals surface area contributed by atoms with Crippen LogP contribution < -0.4 is 0 Å². The van der Waals surface area contributed by atoms with Crippen LogP contribution in [0.15, 0.2) is 18.2 Å². The van der Waals surface area contributed by atoms with Gasteiger partial charge in [0.2, 0.25) is 0 Å². The zero-order valence-corrected chi connectivity index (χ0v) is 12.2. The van der Waals surface area contributed by atoms with Gasteiger partial charge in [-0.15, -0.1) is 0 Å². The molecule has 1 saturated carbocycles. The molecule has 0 saturated heterocycles. The maximum atomic E-state index is 13.4. The van der Waals surface area contributed by atoms with E-state index < -0.39 is 23.2 Å². The summed E-state index contributed by atoms with van der Waals surface area (Å²) in [5.74, 6) is -1.30. The smallest absolute Gasteiger partial charge is 0.385 e. The Kier molecular flexibility index (Phi) is 4.08. The van der Waals surface area contributed by atoms with Crippen molar-refractivity contribution in [2.45, 2.75) is 57.7 Å². The Morgan fingerprint density at radius 2 is 1.71 bits per heavy atom. The van der Waals surface area contributed by atoms with Crippen LogP contribution in [-0.4, -0.2) is 5.11 Å². The van der Waals surface area contributed by atoms with Gasteiger partial charge in [0.05, 0.1) is 11.2 Å². The van der Waals surface area contributed by atoms with Crippen molar-refractivity contribution < 1.29 is 22.7 Å². The summed E-state index contributed by atoms with van der Waals surface area (Å²) < 4.78 is 51.8. The second-order valence-electron chi connectivity index (χ2n) is 6.74. The van der Waals surface area contributed by atoms with Crippen molar-refractivity contribution in [3.8, 4) is 0 Å². The SMILES string of the molecule is CC1(C)CCCC(O)(c2ccc(F)c(C(F)(F)F)c2)CC1. The summed E-state index contributed by atoms with van der Waals surface area (Å²) in [6.07, 6.45) is -1.57. The van der Waals surface area contributed by atoms with Gasteiger partial charge < -0.3 is 5.11 Å². The molecule has 1 fully saturated rings. The number of rotatable bonds is 1. The topological polar surface area (TPSA) is 20.2 Å². The zero-order valence-electron chi connectivity index (χ0n) is 12.2. The Morgan fingerprint density at radius 3 is 2.33 bits per heavy atom. The summed E-state index contributed by atoms with van der Waals surface area (Å²) in [5.41, 5.74) is -2.38. The number of benzene rings is 1. The van der Waals surface area contributed by atoms with Gasteiger partial charge in [-0.05, 0) is 55.2 Å².